The van der Waals surface area contributed by atoms with Gasteiger partial charge in [0.05, 0.1) is 7.11 Å². The van der Waals surface area contributed by atoms with E-state index in [0.717, 1.165) is 5.56 Å². The normalized spacial score (nSPS) is 12.1. The van der Waals surface area contributed by atoms with Crippen LogP contribution in [-0.2, 0) is 16.0 Å². The van der Waals surface area contributed by atoms with Crippen molar-refractivity contribution >= 4 is 17.5 Å². The van der Waals surface area contributed by atoms with Gasteiger partial charge in [-0.1, -0.05) is 41.9 Å². The second-order valence-electron chi connectivity index (χ2n) is 3.80. The Morgan fingerprint density at radius 3 is 2.61 bits per heavy atom. The van der Waals surface area contributed by atoms with Crippen LogP contribution in [0.25, 0.3) is 0 Å². The van der Waals surface area contributed by atoms with Crippen molar-refractivity contribution < 1.29 is 9.53 Å². The van der Waals surface area contributed by atoms with E-state index in [-0.39, 0.29) is 5.56 Å². The van der Waals surface area contributed by atoms with Gasteiger partial charge in [0, 0.05) is 17.9 Å². The molecule has 1 unspecified atom stereocenters. The van der Waals surface area contributed by atoms with Crippen LogP contribution >= 0.6 is 11.5 Å². The van der Waals surface area contributed by atoms with Gasteiger partial charge in [0.25, 0.3) is 5.56 Å². The fraction of sp³-hybridized carbons (Fsp3) is 0.231. The van der Waals surface area contributed by atoms with Crippen molar-refractivity contribution in [2.45, 2.75) is 12.5 Å². The Balaban J connectivity index is 2.30. The average Bonchev–Trinajstić information content (AvgIpc) is 2.82. The predicted octanol–water partition coefficient (Wildman–Crippen LogP) is 1.87. The third kappa shape index (κ3) is 2.68. The maximum absolute atomic E-state index is 11.8. The van der Waals surface area contributed by atoms with E-state index in [4.69, 9.17) is 4.74 Å². The molecular formula is C13H13NO3S. The van der Waals surface area contributed by atoms with Gasteiger partial charge in [-0.05, 0) is 5.56 Å². The van der Waals surface area contributed by atoms with E-state index >= 15 is 0 Å². The molecule has 0 radical (unpaired) electrons. The van der Waals surface area contributed by atoms with Crippen molar-refractivity contribution in [2.24, 2.45) is 0 Å². The summed E-state index contributed by atoms with van der Waals surface area (Å²) in [7, 11) is 1.33. The molecule has 2 aromatic rings. The Hall–Kier alpha value is -1.88. The lowest BCUT2D eigenvalue weighted by atomic mass is 10.1. The van der Waals surface area contributed by atoms with Gasteiger partial charge in [0.1, 0.15) is 6.04 Å². The molecule has 0 saturated carbocycles. The molecule has 0 N–H and O–H groups in total. The van der Waals surface area contributed by atoms with Gasteiger partial charge in [-0.3, -0.25) is 4.79 Å². The molecule has 1 atom stereocenters. The van der Waals surface area contributed by atoms with E-state index < -0.39 is 12.0 Å². The summed E-state index contributed by atoms with van der Waals surface area (Å²) in [4.78, 5) is 23.4. The Labute approximate surface area is 109 Å². The SMILES string of the molecule is COC(=O)C(Cc1ccccc1)n1sccc1=O. The minimum Gasteiger partial charge on any atom is -0.467 e. The van der Waals surface area contributed by atoms with Gasteiger partial charge in [-0.25, -0.2) is 8.75 Å². The summed E-state index contributed by atoms with van der Waals surface area (Å²) in [5.74, 6) is -0.400. The maximum atomic E-state index is 11.8. The lowest BCUT2D eigenvalue weighted by molar-refractivity contribution is -0.144. The van der Waals surface area contributed by atoms with Crippen LogP contribution in [0.5, 0.6) is 0 Å². The molecule has 2 rings (SSSR count). The van der Waals surface area contributed by atoms with Crippen LogP contribution in [0.1, 0.15) is 11.6 Å². The smallest absolute Gasteiger partial charge is 0.330 e. The van der Waals surface area contributed by atoms with Crippen LogP contribution < -0.4 is 5.56 Å². The Bertz CT molecular complexity index is 573. The van der Waals surface area contributed by atoms with Gasteiger partial charge in [0.2, 0.25) is 0 Å². The number of carbonyl (C=O) groups excluding carboxylic acids is 1. The van der Waals surface area contributed by atoms with Crippen molar-refractivity contribution in [3.8, 4) is 0 Å². The summed E-state index contributed by atoms with van der Waals surface area (Å²) in [6.07, 6.45) is 0.452. The minimum absolute atomic E-state index is 0.175. The zero-order chi connectivity index (χ0) is 13.0. The number of hydrogen-bond acceptors (Lipinski definition) is 4. The average molecular weight is 263 g/mol. The van der Waals surface area contributed by atoms with E-state index in [9.17, 15) is 9.59 Å². The number of methoxy groups -OCH3 is 1. The molecule has 0 amide bonds. The summed E-state index contributed by atoms with van der Waals surface area (Å²) in [5, 5.41) is 1.67. The Morgan fingerprint density at radius 2 is 2.06 bits per heavy atom. The Kier molecular flexibility index (Phi) is 3.94. The van der Waals surface area contributed by atoms with Crippen LogP contribution in [0.4, 0.5) is 0 Å². The molecule has 0 saturated heterocycles. The zero-order valence-corrected chi connectivity index (χ0v) is 10.7. The first-order valence-corrected chi connectivity index (χ1v) is 6.34. The van der Waals surface area contributed by atoms with E-state index in [0.29, 0.717) is 6.42 Å². The first kappa shape index (κ1) is 12.6. The summed E-state index contributed by atoms with van der Waals surface area (Å²) in [6.45, 7) is 0. The monoisotopic (exact) mass is 263 g/mol. The van der Waals surface area contributed by atoms with Crippen LogP contribution in [0.15, 0.2) is 46.6 Å². The molecule has 4 nitrogen and oxygen atoms in total. The third-order valence-electron chi connectivity index (χ3n) is 2.63. The largest absolute Gasteiger partial charge is 0.467 e. The van der Waals surface area contributed by atoms with Crippen LogP contribution in [-0.4, -0.2) is 17.0 Å². The van der Waals surface area contributed by atoms with Crippen molar-refractivity contribution in [1.29, 1.82) is 0 Å². The fourth-order valence-electron chi connectivity index (χ4n) is 1.74. The molecule has 0 aliphatic rings. The van der Waals surface area contributed by atoms with Crippen molar-refractivity contribution in [1.82, 2.24) is 3.96 Å². The third-order valence-corrected chi connectivity index (χ3v) is 3.55. The molecule has 1 aromatic carbocycles. The minimum atomic E-state index is -0.593. The second kappa shape index (κ2) is 5.64. The zero-order valence-electron chi connectivity index (χ0n) is 9.91. The molecule has 0 bridgehead atoms. The Morgan fingerprint density at radius 1 is 1.33 bits per heavy atom. The maximum Gasteiger partial charge on any atom is 0.330 e. The number of nitrogens with zero attached hydrogens (tertiary/aromatic N) is 1. The molecule has 5 heteroatoms. The van der Waals surface area contributed by atoms with Crippen LogP contribution in [0, 0.1) is 0 Å². The molecule has 1 heterocycles. The first-order valence-electron chi connectivity index (χ1n) is 5.50. The van der Waals surface area contributed by atoms with Gasteiger partial charge < -0.3 is 4.74 Å². The number of benzene rings is 1. The molecular weight excluding hydrogens is 250 g/mol. The molecule has 0 aliphatic heterocycles. The molecule has 18 heavy (non-hydrogen) atoms. The summed E-state index contributed by atoms with van der Waals surface area (Å²) in [6, 6.07) is 10.4. The van der Waals surface area contributed by atoms with Gasteiger partial charge >= 0.3 is 5.97 Å². The highest BCUT2D eigenvalue weighted by Crippen LogP contribution is 2.16. The van der Waals surface area contributed by atoms with Crippen molar-refractivity contribution in [3.05, 3.63) is 57.7 Å². The van der Waals surface area contributed by atoms with E-state index in [1.54, 1.807) is 5.38 Å². The second-order valence-corrected chi connectivity index (χ2v) is 4.68. The number of esters is 1. The van der Waals surface area contributed by atoms with Gasteiger partial charge in [-0.2, -0.15) is 0 Å². The topological polar surface area (TPSA) is 48.3 Å². The summed E-state index contributed by atoms with van der Waals surface area (Å²) in [5.41, 5.74) is 0.819. The highest BCUT2D eigenvalue weighted by Gasteiger charge is 2.23. The number of hydrogen-bond donors (Lipinski definition) is 0. The highest BCUT2D eigenvalue weighted by molar-refractivity contribution is 7.04. The lowest BCUT2D eigenvalue weighted by Crippen LogP contribution is -2.28. The first-order chi connectivity index (χ1) is 8.72. The molecule has 0 aliphatic carbocycles. The molecule has 94 valence electrons. The standard InChI is InChI=1S/C13H13NO3S/c1-17-13(16)11(14-12(15)7-8-18-14)9-10-5-3-2-4-6-10/h2-8,11H,9H2,1H3. The van der Waals surface area contributed by atoms with Gasteiger partial charge in [-0.15, -0.1) is 0 Å². The van der Waals surface area contributed by atoms with Crippen LogP contribution in [0.3, 0.4) is 0 Å². The van der Waals surface area contributed by atoms with E-state index in [1.165, 1.54) is 28.7 Å². The van der Waals surface area contributed by atoms with Crippen molar-refractivity contribution in [2.75, 3.05) is 7.11 Å². The molecule has 1 aromatic heterocycles. The van der Waals surface area contributed by atoms with E-state index in [2.05, 4.69) is 0 Å². The molecule has 0 spiro atoms. The summed E-state index contributed by atoms with van der Waals surface area (Å²) < 4.78 is 6.21. The quantitative estimate of drug-likeness (QED) is 0.791. The highest BCUT2D eigenvalue weighted by atomic mass is 32.1. The lowest BCUT2D eigenvalue weighted by Gasteiger charge is -2.14. The van der Waals surface area contributed by atoms with E-state index in [1.807, 2.05) is 30.3 Å². The van der Waals surface area contributed by atoms with Crippen molar-refractivity contribution in [3.63, 3.8) is 0 Å². The number of carbonyl (C=O) groups is 1. The summed E-state index contributed by atoms with van der Waals surface area (Å²) >= 11 is 1.22. The van der Waals surface area contributed by atoms with Crippen LogP contribution in [0.2, 0.25) is 0 Å². The number of rotatable bonds is 4. The fourth-order valence-corrected chi connectivity index (χ4v) is 2.52. The number of ether oxygens (including phenoxy) is 1. The predicted molar refractivity (Wildman–Crippen MR) is 69.8 cm³/mol. The van der Waals surface area contributed by atoms with Gasteiger partial charge in [0.15, 0.2) is 0 Å². The molecule has 0 fully saturated rings. The number of aromatic nitrogens is 1.